The van der Waals surface area contributed by atoms with Crippen LogP contribution in [0.2, 0.25) is 0 Å². The lowest BCUT2D eigenvalue weighted by Gasteiger charge is -2.34. The van der Waals surface area contributed by atoms with Crippen LogP contribution >= 0.6 is 0 Å². The molecule has 1 aliphatic heterocycles. The van der Waals surface area contributed by atoms with Gasteiger partial charge in [-0.05, 0) is 35.7 Å². The standard InChI is InChI=1S/C17H17N3/c18-10-13-4-3-5-14(8-13)11-20-12-16(19)9-15-6-1-2-7-17(15)20/h1-8,16H,9,11-12,19H2. The molecule has 0 fully saturated rings. The van der Waals surface area contributed by atoms with Crippen molar-refractivity contribution in [1.82, 2.24) is 0 Å². The van der Waals surface area contributed by atoms with E-state index < -0.39 is 0 Å². The molecule has 0 radical (unpaired) electrons. The molecule has 3 rings (SSSR count). The lowest BCUT2D eigenvalue weighted by atomic mass is 9.98. The molecule has 0 saturated heterocycles. The maximum Gasteiger partial charge on any atom is 0.0991 e. The zero-order valence-electron chi connectivity index (χ0n) is 11.3. The van der Waals surface area contributed by atoms with Gasteiger partial charge in [0.1, 0.15) is 0 Å². The second-order valence-electron chi connectivity index (χ2n) is 5.29. The third kappa shape index (κ3) is 2.52. The molecule has 2 aromatic carbocycles. The van der Waals surface area contributed by atoms with Crippen LogP contribution in [0.1, 0.15) is 16.7 Å². The fourth-order valence-electron chi connectivity index (χ4n) is 2.83. The Morgan fingerprint density at radius 1 is 1.20 bits per heavy atom. The van der Waals surface area contributed by atoms with Gasteiger partial charge >= 0.3 is 0 Å². The van der Waals surface area contributed by atoms with Gasteiger partial charge in [0.15, 0.2) is 0 Å². The van der Waals surface area contributed by atoms with Crippen molar-refractivity contribution in [2.75, 3.05) is 11.4 Å². The van der Waals surface area contributed by atoms with E-state index in [-0.39, 0.29) is 6.04 Å². The van der Waals surface area contributed by atoms with Crippen LogP contribution in [0.25, 0.3) is 0 Å². The Bertz CT molecular complexity index is 657. The molecule has 100 valence electrons. The minimum absolute atomic E-state index is 0.170. The molecule has 0 saturated carbocycles. The van der Waals surface area contributed by atoms with Gasteiger partial charge in [0.05, 0.1) is 11.6 Å². The number of para-hydroxylation sites is 1. The third-order valence-electron chi connectivity index (χ3n) is 3.70. The Labute approximate surface area is 119 Å². The summed E-state index contributed by atoms with van der Waals surface area (Å²) >= 11 is 0. The molecule has 0 aliphatic carbocycles. The second-order valence-corrected chi connectivity index (χ2v) is 5.29. The van der Waals surface area contributed by atoms with Gasteiger partial charge in [-0.3, -0.25) is 0 Å². The lowest BCUT2D eigenvalue weighted by molar-refractivity contribution is 0.599. The normalized spacial score (nSPS) is 17.4. The summed E-state index contributed by atoms with van der Waals surface area (Å²) in [6.07, 6.45) is 0.935. The summed E-state index contributed by atoms with van der Waals surface area (Å²) in [5.74, 6) is 0. The highest BCUT2D eigenvalue weighted by molar-refractivity contribution is 5.56. The fourth-order valence-corrected chi connectivity index (χ4v) is 2.83. The van der Waals surface area contributed by atoms with Gasteiger partial charge in [0.2, 0.25) is 0 Å². The lowest BCUT2D eigenvalue weighted by Crippen LogP contribution is -2.42. The topological polar surface area (TPSA) is 53.0 Å². The summed E-state index contributed by atoms with van der Waals surface area (Å²) in [5.41, 5.74) is 10.6. The number of hydrogen-bond donors (Lipinski definition) is 1. The van der Waals surface area contributed by atoms with E-state index in [2.05, 4.69) is 41.3 Å². The maximum atomic E-state index is 8.98. The Kier molecular flexibility index (Phi) is 3.41. The number of benzene rings is 2. The molecule has 1 atom stereocenters. The first-order chi connectivity index (χ1) is 9.76. The molecular formula is C17H17N3. The van der Waals surface area contributed by atoms with Crippen molar-refractivity contribution >= 4 is 5.69 Å². The van der Waals surface area contributed by atoms with Gasteiger partial charge in [-0.2, -0.15) is 5.26 Å². The van der Waals surface area contributed by atoms with E-state index >= 15 is 0 Å². The summed E-state index contributed by atoms with van der Waals surface area (Å²) in [5, 5.41) is 8.98. The molecule has 20 heavy (non-hydrogen) atoms. The number of anilines is 1. The maximum absolute atomic E-state index is 8.98. The van der Waals surface area contributed by atoms with Gasteiger partial charge in [0.25, 0.3) is 0 Å². The van der Waals surface area contributed by atoms with Gasteiger partial charge in [0, 0.05) is 24.8 Å². The average Bonchev–Trinajstić information content (AvgIpc) is 2.47. The van der Waals surface area contributed by atoms with Crippen LogP contribution in [-0.4, -0.2) is 12.6 Å². The van der Waals surface area contributed by atoms with E-state index in [4.69, 9.17) is 11.0 Å². The molecule has 2 aromatic rings. The second kappa shape index (κ2) is 5.36. The molecule has 3 heteroatoms. The molecule has 0 spiro atoms. The molecule has 3 nitrogen and oxygen atoms in total. The third-order valence-corrected chi connectivity index (χ3v) is 3.70. The van der Waals surface area contributed by atoms with Crippen molar-refractivity contribution in [3.63, 3.8) is 0 Å². The van der Waals surface area contributed by atoms with Crippen LogP contribution in [0.3, 0.4) is 0 Å². The van der Waals surface area contributed by atoms with Gasteiger partial charge < -0.3 is 10.6 Å². The molecule has 0 amide bonds. The number of fused-ring (bicyclic) bond motifs is 1. The molecule has 2 N–H and O–H groups in total. The van der Waals surface area contributed by atoms with Crippen LogP contribution < -0.4 is 10.6 Å². The summed E-state index contributed by atoms with van der Waals surface area (Å²) in [6, 6.07) is 18.6. The van der Waals surface area contributed by atoms with Gasteiger partial charge in [-0.1, -0.05) is 30.3 Å². The van der Waals surface area contributed by atoms with Gasteiger partial charge in [-0.15, -0.1) is 0 Å². The monoisotopic (exact) mass is 263 g/mol. The Morgan fingerprint density at radius 2 is 2.05 bits per heavy atom. The Hall–Kier alpha value is -2.31. The van der Waals surface area contributed by atoms with Crippen LogP contribution in [0.5, 0.6) is 0 Å². The summed E-state index contributed by atoms with van der Waals surface area (Å²) in [6.45, 7) is 1.65. The Balaban J connectivity index is 1.89. The van der Waals surface area contributed by atoms with Crippen LogP contribution in [0.4, 0.5) is 5.69 Å². The molecular weight excluding hydrogens is 246 g/mol. The van der Waals surface area contributed by atoms with Crippen LogP contribution in [0.15, 0.2) is 48.5 Å². The molecule has 1 unspecified atom stereocenters. The van der Waals surface area contributed by atoms with Crippen molar-refractivity contribution in [2.45, 2.75) is 19.0 Å². The van der Waals surface area contributed by atoms with E-state index in [0.717, 1.165) is 25.1 Å². The van der Waals surface area contributed by atoms with Crippen molar-refractivity contribution < 1.29 is 0 Å². The minimum Gasteiger partial charge on any atom is -0.365 e. The number of hydrogen-bond acceptors (Lipinski definition) is 3. The SMILES string of the molecule is N#Cc1cccc(CN2CC(N)Cc3ccccc32)c1. The zero-order valence-corrected chi connectivity index (χ0v) is 11.3. The number of nitrogens with zero attached hydrogens (tertiary/aromatic N) is 2. The van der Waals surface area contributed by atoms with E-state index in [9.17, 15) is 0 Å². The first-order valence-corrected chi connectivity index (χ1v) is 6.84. The van der Waals surface area contributed by atoms with Crippen molar-refractivity contribution in [3.8, 4) is 6.07 Å². The van der Waals surface area contributed by atoms with Crippen LogP contribution in [0, 0.1) is 11.3 Å². The van der Waals surface area contributed by atoms with E-state index in [0.29, 0.717) is 5.56 Å². The van der Waals surface area contributed by atoms with Crippen molar-refractivity contribution in [1.29, 1.82) is 5.26 Å². The van der Waals surface area contributed by atoms with Crippen molar-refractivity contribution in [2.24, 2.45) is 5.73 Å². The Morgan fingerprint density at radius 3 is 2.90 bits per heavy atom. The van der Waals surface area contributed by atoms with E-state index in [1.807, 2.05) is 18.2 Å². The molecule has 0 bridgehead atoms. The van der Waals surface area contributed by atoms with E-state index in [1.165, 1.54) is 11.3 Å². The first kappa shape index (κ1) is 12.7. The molecule has 1 heterocycles. The quantitative estimate of drug-likeness (QED) is 0.905. The van der Waals surface area contributed by atoms with Crippen LogP contribution in [-0.2, 0) is 13.0 Å². The average molecular weight is 263 g/mol. The fraction of sp³-hybridized carbons (Fsp3) is 0.235. The van der Waals surface area contributed by atoms with Crippen molar-refractivity contribution in [3.05, 3.63) is 65.2 Å². The number of rotatable bonds is 2. The van der Waals surface area contributed by atoms with Gasteiger partial charge in [-0.25, -0.2) is 0 Å². The minimum atomic E-state index is 0.170. The number of nitriles is 1. The predicted octanol–water partition coefficient (Wildman–Crippen LogP) is 2.45. The summed E-state index contributed by atoms with van der Waals surface area (Å²) in [7, 11) is 0. The highest BCUT2D eigenvalue weighted by atomic mass is 15.2. The highest BCUT2D eigenvalue weighted by Gasteiger charge is 2.21. The first-order valence-electron chi connectivity index (χ1n) is 6.84. The largest absolute Gasteiger partial charge is 0.365 e. The molecule has 0 aromatic heterocycles. The smallest absolute Gasteiger partial charge is 0.0991 e. The summed E-state index contributed by atoms with van der Waals surface area (Å²) < 4.78 is 0. The zero-order chi connectivity index (χ0) is 13.9. The van der Waals surface area contributed by atoms with E-state index in [1.54, 1.807) is 0 Å². The predicted molar refractivity (Wildman–Crippen MR) is 80.3 cm³/mol. The molecule has 1 aliphatic rings. The summed E-state index contributed by atoms with van der Waals surface area (Å²) in [4.78, 5) is 2.31. The highest BCUT2D eigenvalue weighted by Crippen LogP contribution is 2.27. The number of nitrogens with two attached hydrogens (primary N) is 1.